The molecule has 0 saturated heterocycles. The van der Waals surface area contributed by atoms with Gasteiger partial charge in [-0.05, 0) is 79.1 Å². The van der Waals surface area contributed by atoms with Crippen LogP contribution in [-0.2, 0) is 11.2 Å². The second-order valence-electron chi connectivity index (χ2n) is 7.01. The number of carboxylic acid groups (broad SMARTS) is 1. The monoisotopic (exact) mass is 402 g/mol. The van der Waals surface area contributed by atoms with Crippen LogP contribution in [-0.4, -0.2) is 27.7 Å². The van der Waals surface area contributed by atoms with Crippen molar-refractivity contribution in [2.45, 2.75) is 19.8 Å². The summed E-state index contributed by atoms with van der Waals surface area (Å²) >= 11 is 0. The molecule has 6 nitrogen and oxygen atoms in total. The van der Waals surface area contributed by atoms with E-state index >= 15 is 0 Å². The maximum Gasteiger partial charge on any atom is 0.303 e. The fraction of sp³-hybridized carbons (Fsp3) is 0.167. The molecule has 0 bridgehead atoms. The highest BCUT2D eigenvalue weighted by molar-refractivity contribution is 5.69. The number of carboxylic acids is 1. The average Bonchev–Trinajstić information content (AvgIpc) is 3.42. The van der Waals surface area contributed by atoms with E-state index in [0.717, 1.165) is 39.5 Å². The lowest BCUT2D eigenvalue weighted by molar-refractivity contribution is -0.136. The highest BCUT2D eigenvalue weighted by atomic mass is 16.5. The minimum atomic E-state index is -0.815. The van der Waals surface area contributed by atoms with E-state index in [0.29, 0.717) is 12.3 Å². The van der Waals surface area contributed by atoms with Crippen LogP contribution in [0.4, 0.5) is 0 Å². The van der Waals surface area contributed by atoms with Crippen LogP contribution in [0.1, 0.15) is 17.7 Å². The van der Waals surface area contributed by atoms with E-state index in [4.69, 9.17) is 9.15 Å². The van der Waals surface area contributed by atoms with Crippen LogP contribution in [0.2, 0.25) is 0 Å². The third-order valence-electron chi connectivity index (χ3n) is 5.06. The van der Waals surface area contributed by atoms with E-state index in [1.165, 1.54) is 0 Å². The molecule has 0 unspecified atom stereocenters. The number of aromatic nitrogens is 2. The topological polar surface area (TPSA) is 77.5 Å². The van der Waals surface area contributed by atoms with Crippen LogP contribution in [0.15, 0.2) is 71.5 Å². The number of carbonyl (C=O) groups is 1. The van der Waals surface area contributed by atoms with E-state index in [2.05, 4.69) is 9.55 Å². The van der Waals surface area contributed by atoms with Gasteiger partial charge in [0.05, 0.1) is 25.4 Å². The first-order chi connectivity index (χ1) is 14.6. The average molecular weight is 402 g/mol. The highest BCUT2D eigenvalue weighted by Crippen LogP contribution is 2.31. The summed E-state index contributed by atoms with van der Waals surface area (Å²) < 4.78 is 12.8. The fourth-order valence-corrected chi connectivity index (χ4v) is 3.59. The van der Waals surface area contributed by atoms with Gasteiger partial charge in [0.2, 0.25) is 5.89 Å². The Morgan fingerprint density at radius 1 is 1.10 bits per heavy atom. The molecule has 0 radical (unpaired) electrons. The van der Waals surface area contributed by atoms with Gasteiger partial charge in [0.25, 0.3) is 0 Å². The quantitative estimate of drug-likeness (QED) is 0.463. The maximum atomic E-state index is 11.2. The predicted octanol–water partition coefficient (Wildman–Crippen LogP) is 5.13. The van der Waals surface area contributed by atoms with Crippen LogP contribution < -0.4 is 4.74 Å². The van der Waals surface area contributed by atoms with Crippen LogP contribution in [0.3, 0.4) is 0 Å². The van der Waals surface area contributed by atoms with Crippen molar-refractivity contribution in [3.63, 3.8) is 0 Å². The minimum absolute atomic E-state index is 0.0690. The van der Waals surface area contributed by atoms with Crippen LogP contribution in [0.25, 0.3) is 28.4 Å². The first-order valence-corrected chi connectivity index (χ1v) is 9.64. The van der Waals surface area contributed by atoms with Crippen molar-refractivity contribution in [1.82, 2.24) is 9.55 Å². The summed E-state index contributed by atoms with van der Waals surface area (Å²) in [6.07, 6.45) is 3.68. The fourth-order valence-electron chi connectivity index (χ4n) is 3.59. The molecule has 1 N–H and O–H groups in total. The molecular formula is C24H22N2O4. The normalized spacial score (nSPS) is 10.9. The molecule has 0 aliphatic rings. The Balaban J connectivity index is 1.81. The first kappa shape index (κ1) is 19.5. The highest BCUT2D eigenvalue weighted by Gasteiger charge is 2.16. The molecule has 4 rings (SSSR count). The van der Waals surface area contributed by atoms with E-state index in [-0.39, 0.29) is 6.42 Å². The van der Waals surface area contributed by atoms with Crippen LogP contribution in [0, 0.1) is 6.92 Å². The Morgan fingerprint density at radius 3 is 2.50 bits per heavy atom. The number of rotatable bonds is 7. The summed E-state index contributed by atoms with van der Waals surface area (Å²) in [5.74, 6) is 0.540. The minimum Gasteiger partial charge on any atom is -0.497 e. The summed E-state index contributed by atoms with van der Waals surface area (Å²) in [5, 5.41) is 9.17. The number of benzene rings is 2. The maximum absolute atomic E-state index is 11.2. The van der Waals surface area contributed by atoms with Crippen LogP contribution in [0.5, 0.6) is 5.75 Å². The lowest BCUT2D eigenvalue weighted by atomic mass is 10.1. The lowest BCUT2D eigenvalue weighted by Gasteiger charge is -2.17. The number of hydrogen-bond donors (Lipinski definition) is 1. The Morgan fingerprint density at radius 2 is 1.87 bits per heavy atom. The van der Waals surface area contributed by atoms with Crippen molar-refractivity contribution in [1.29, 1.82) is 0 Å². The van der Waals surface area contributed by atoms with Gasteiger partial charge >= 0.3 is 5.97 Å². The van der Waals surface area contributed by atoms with E-state index in [1.54, 1.807) is 19.6 Å². The molecular weight excluding hydrogens is 380 g/mol. The van der Waals surface area contributed by atoms with Crippen molar-refractivity contribution < 1.29 is 19.1 Å². The molecule has 0 spiro atoms. The van der Waals surface area contributed by atoms with Gasteiger partial charge < -0.3 is 18.8 Å². The summed E-state index contributed by atoms with van der Waals surface area (Å²) in [4.78, 5) is 15.4. The van der Waals surface area contributed by atoms with Crippen molar-refractivity contribution in [3.8, 4) is 34.1 Å². The molecule has 4 aromatic rings. The summed E-state index contributed by atoms with van der Waals surface area (Å²) in [6.45, 7) is 2.03. The lowest BCUT2D eigenvalue weighted by Crippen LogP contribution is -2.07. The largest absolute Gasteiger partial charge is 0.497 e. The summed E-state index contributed by atoms with van der Waals surface area (Å²) in [5.41, 5.74) is 5.87. The number of methoxy groups -OCH3 is 1. The smallest absolute Gasteiger partial charge is 0.303 e. The Labute approximate surface area is 174 Å². The molecule has 2 aromatic carbocycles. The Bertz CT molecular complexity index is 1160. The van der Waals surface area contributed by atoms with Crippen molar-refractivity contribution in [3.05, 3.63) is 78.3 Å². The van der Waals surface area contributed by atoms with Gasteiger partial charge in [-0.1, -0.05) is 0 Å². The number of hydrogen-bond acceptors (Lipinski definition) is 4. The zero-order valence-electron chi connectivity index (χ0n) is 16.8. The van der Waals surface area contributed by atoms with Crippen molar-refractivity contribution in [2.24, 2.45) is 0 Å². The number of ether oxygens (including phenoxy) is 1. The molecule has 6 heteroatoms. The molecule has 152 valence electrons. The molecule has 0 saturated carbocycles. The Hall–Kier alpha value is -3.80. The number of aliphatic carboxylic acids is 1. The predicted molar refractivity (Wildman–Crippen MR) is 114 cm³/mol. The van der Waals surface area contributed by atoms with Gasteiger partial charge in [-0.2, -0.15) is 0 Å². The van der Waals surface area contributed by atoms with Gasteiger partial charge in [-0.25, -0.2) is 4.98 Å². The van der Waals surface area contributed by atoms with Gasteiger partial charge in [-0.15, -0.1) is 0 Å². The second kappa shape index (κ2) is 8.29. The molecule has 0 amide bonds. The van der Waals surface area contributed by atoms with Gasteiger partial charge in [0, 0.05) is 16.9 Å². The Kier molecular flexibility index (Phi) is 5.39. The zero-order chi connectivity index (χ0) is 21.1. The van der Waals surface area contributed by atoms with E-state index < -0.39 is 5.97 Å². The first-order valence-electron chi connectivity index (χ1n) is 9.64. The molecule has 2 aromatic heterocycles. The van der Waals surface area contributed by atoms with Gasteiger partial charge in [-0.3, -0.25) is 4.79 Å². The molecule has 0 fully saturated rings. The number of aryl methyl sites for hydroxylation is 2. The summed E-state index contributed by atoms with van der Waals surface area (Å²) in [6, 6.07) is 17.9. The molecule has 30 heavy (non-hydrogen) atoms. The second-order valence-corrected chi connectivity index (χ2v) is 7.01. The zero-order valence-corrected chi connectivity index (χ0v) is 16.8. The van der Waals surface area contributed by atoms with Gasteiger partial charge in [0.1, 0.15) is 12.0 Å². The molecule has 0 atom stereocenters. The van der Waals surface area contributed by atoms with E-state index in [9.17, 15) is 9.90 Å². The number of nitrogens with zero attached hydrogens (tertiary/aromatic N) is 2. The molecule has 2 heterocycles. The molecule has 0 aliphatic carbocycles. The van der Waals surface area contributed by atoms with E-state index in [1.807, 2.05) is 61.5 Å². The third-order valence-corrected chi connectivity index (χ3v) is 5.06. The standard InChI is InChI=1S/C24H22N2O4/c1-16-15-18(24-25-13-14-30-24)5-10-21(16)26-19(7-12-23(27)28)6-11-22(26)17-3-8-20(29-2)9-4-17/h3-6,8-11,13-15H,7,12H2,1-2H3,(H,27,28). The summed E-state index contributed by atoms with van der Waals surface area (Å²) in [7, 11) is 1.64. The van der Waals surface area contributed by atoms with Crippen LogP contribution >= 0.6 is 0 Å². The van der Waals surface area contributed by atoms with Crippen molar-refractivity contribution in [2.75, 3.05) is 7.11 Å². The SMILES string of the molecule is COc1ccc(-c2ccc(CCC(=O)O)n2-c2ccc(-c3ncco3)cc2C)cc1. The number of oxazole rings is 1. The third kappa shape index (κ3) is 3.85. The van der Waals surface area contributed by atoms with Crippen molar-refractivity contribution >= 4 is 5.97 Å². The van der Waals surface area contributed by atoms with Gasteiger partial charge in [0.15, 0.2) is 0 Å². The molecule has 0 aliphatic heterocycles.